The average Bonchev–Trinajstić information content (AvgIpc) is 3.55. The predicted octanol–water partition coefficient (Wildman–Crippen LogP) is 2.73. The van der Waals surface area contributed by atoms with Crippen molar-refractivity contribution in [1.82, 2.24) is 9.88 Å². The van der Waals surface area contributed by atoms with Gasteiger partial charge in [-0.15, -0.1) is 0 Å². The number of aromatic nitrogens is 1. The van der Waals surface area contributed by atoms with Gasteiger partial charge in [-0.25, -0.2) is 4.98 Å². The van der Waals surface area contributed by atoms with E-state index in [1.54, 1.807) is 14.2 Å². The van der Waals surface area contributed by atoms with Gasteiger partial charge in [-0.3, -0.25) is 4.79 Å². The van der Waals surface area contributed by atoms with E-state index in [0.717, 1.165) is 41.8 Å². The van der Waals surface area contributed by atoms with E-state index in [9.17, 15) is 4.79 Å². The molecule has 6 nitrogen and oxygen atoms in total. The highest BCUT2D eigenvalue weighted by atomic mass is 16.5. The van der Waals surface area contributed by atoms with E-state index in [4.69, 9.17) is 14.2 Å². The molecular formula is C22H26N2O4. The first kappa shape index (κ1) is 18.7. The minimum Gasteiger partial charge on any atom is -0.497 e. The Bertz CT molecular complexity index is 846. The molecule has 0 N–H and O–H groups in total. The summed E-state index contributed by atoms with van der Waals surface area (Å²) in [6, 6.07) is 11.8. The predicted molar refractivity (Wildman–Crippen MR) is 105 cm³/mol. The normalized spacial score (nSPS) is 17.0. The standard InChI is InChI=1S/C22H26N2O4/c1-26-13-14-28-20-8-3-16-15-24(12-9-19(16)23-20)21(25)22(10-11-22)17-4-6-18(27-2)7-5-17/h3-8H,9-15H2,1-2H3. The summed E-state index contributed by atoms with van der Waals surface area (Å²) in [4.78, 5) is 19.9. The van der Waals surface area contributed by atoms with Gasteiger partial charge in [-0.05, 0) is 36.1 Å². The number of pyridine rings is 1. The monoisotopic (exact) mass is 382 g/mol. The Morgan fingerprint density at radius 3 is 2.57 bits per heavy atom. The molecule has 1 fully saturated rings. The van der Waals surface area contributed by atoms with Gasteiger partial charge in [-0.1, -0.05) is 18.2 Å². The minimum absolute atomic E-state index is 0.226. The largest absolute Gasteiger partial charge is 0.497 e. The third-order valence-electron chi connectivity index (χ3n) is 5.65. The van der Waals surface area contributed by atoms with Crippen LogP contribution in [-0.4, -0.2) is 49.8 Å². The third kappa shape index (κ3) is 3.56. The van der Waals surface area contributed by atoms with Crippen LogP contribution < -0.4 is 9.47 Å². The third-order valence-corrected chi connectivity index (χ3v) is 5.65. The molecule has 1 aliphatic carbocycles. The van der Waals surface area contributed by atoms with E-state index < -0.39 is 0 Å². The SMILES string of the molecule is COCCOc1ccc2c(n1)CCN(C(=O)C1(c3ccc(OC)cc3)CC1)C2. The maximum absolute atomic E-state index is 13.3. The molecule has 1 saturated carbocycles. The zero-order chi connectivity index (χ0) is 19.6. The molecule has 2 aromatic rings. The van der Waals surface area contributed by atoms with Gasteiger partial charge in [0.25, 0.3) is 0 Å². The van der Waals surface area contributed by atoms with Crippen molar-refractivity contribution in [2.24, 2.45) is 0 Å². The molecule has 0 radical (unpaired) electrons. The molecule has 0 atom stereocenters. The van der Waals surface area contributed by atoms with E-state index in [-0.39, 0.29) is 11.3 Å². The topological polar surface area (TPSA) is 60.9 Å². The molecule has 1 aliphatic heterocycles. The Morgan fingerprint density at radius 2 is 1.89 bits per heavy atom. The lowest BCUT2D eigenvalue weighted by atomic mass is 9.93. The van der Waals surface area contributed by atoms with E-state index in [1.807, 2.05) is 41.3 Å². The molecular weight excluding hydrogens is 356 g/mol. The van der Waals surface area contributed by atoms with Crippen molar-refractivity contribution in [3.05, 3.63) is 53.2 Å². The van der Waals surface area contributed by atoms with Crippen LogP contribution in [0.15, 0.2) is 36.4 Å². The molecule has 2 heterocycles. The van der Waals surface area contributed by atoms with Crippen molar-refractivity contribution >= 4 is 5.91 Å². The van der Waals surface area contributed by atoms with E-state index in [0.29, 0.717) is 32.2 Å². The Balaban J connectivity index is 1.45. The van der Waals surface area contributed by atoms with E-state index in [2.05, 4.69) is 4.98 Å². The van der Waals surface area contributed by atoms with Crippen molar-refractivity contribution in [1.29, 1.82) is 0 Å². The van der Waals surface area contributed by atoms with Crippen LogP contribution in [0.2, 0.25) is 0 Å². The number of hydrogen-bond donors (Lipinski definition) is 0. The maximum atomic E-state index is 13.3. The van der Waals surface area contributed by atoms with Gasteiger partial charge < -0.3 is 19.1 Å². The molecule has 2 aliphatic rings. The van der Waals surface area contributed by atoms with Crippen LogP contribution in [0, 0.1) is 0 Å². The highest BCUT2D eigenvalue weighted by Gasteiger charge is 2.53. The number of amides is 1. The lowest BCUT2D eigenvalue weighted by Crippen LogP contribution is -2.42. The number of fused-ring (bicyclic) bond motifs is 1. The number of rotatable bonds is 7. The molecule has 6 heteroatoms. The van der Waals surface area contributed by atoms with Crippen LogP contribution in [0.1, 0.15) is 29.7 Å². The number of benzene rings is 1. The number of carbonyl (C=O) groups excluding carboxylic acids is 1. The van der Waals surface area contributed by atoms with Crippen LogP contribution in [0.4, 0.5) is 0 Å². The van der Waals surface area contributed by atoms with Crippen LogP contribution in [0.25, 0.3) is 0 Å². The molecule has 0 unspecified atom stereocenters. The summed E-state index contributed by atoms with van der Waals surface area (Å²) in [6.07, 6.45) is 2.57. The molecule has 0 saturated heterocycles. The van der Waals surface area contributed by atoms with Gasteiger partial charge in [0.05, 0.1) is 24.8 Å². The maximum Gasteiger partial charge on any atom is 0.233 e. The van der Waals surface area contributed by atoms with Crippen molar-refractivity contribution in [3.63, 3.8) is 0 Å². The number of ether oxygens (including phenoxy) is 3. The van der Waals surface area contributed by atoms with E-state index in [1.165, 1.54) is 0 Å². The fraction of sp³-hybridized carbons (Fsp3) is 0.455. The average molecular weight is 382 g/mol. The molecule has 1 aromatic heterocycles. The van der Waals surface area contributed by atoms with Crippen LogP contribution in [0.5, 0.6) is 11.6 Å². The van der Waals surface area contributed by atoms with Gasteiger partial charge in [0.15, 0.2) is 0 Å². The van der Waals surface area contributed by atoms with Crippen LogP contribution >= 0.6 is 0 Å². The highest BCUT2D eigenvalue weighted by Crippen LogP contribution is 2.50. The number of carbonyl (C=O) groups is 1. The number of hydrogen-bond acceptors (Lipinski definition) is 5. The second-order valence-corrected chi connectivity index (χ2v) is 7.38. The molecule has 4 rings (SSSR count). The van der Waals surface area contributed by atoms with Gasteiger partial charge in [0.1, 0.15) is 12.4 Å². The quantitative estimate of drug-likeness (QED) is 0.689. The summed E-state index contributed by atoms with van der Waals surface area (Å²) in [5, 5.41) is 0. The fourth-order valence-electron chi connectivity index (χ4n) is 3.84. The fourth-order valence-corrected chi connectivity index (χ4v) is 3.84. The van der Waals surface area contributed by atoms with Crippen molar-refractivity contribution in [2.75, 3.05) is 34.0 Å². The summed E-state index contributed by atoms with van der Waals surface area (Å²) < 4.78 is 15.8. The molecule has 28 heavy (non-hydrogen) atoms. The van der Waals surface area contributed by atoms with E-state index >= 15 is 0 Å². The van der Waals surface area contributed by atoms with Crippen molar-refractivity contribution in [2.45, 2.75) is 31.2 Å². The first-order chi connectivity index (χ1) is 13.7. The van der Waals surface area contributed by atoms with Gasteiger partial charge in [0, 0.05) is 32.7 Å². The smallest absolute Gasteiger partial charge is 0.233 e. The lowest BCUT2D eigenvalue weighted by molar-refractivity contribution is -0.135. The molecule has 148 valence electrons. The summed E-state index contributed by atoms with van der Waals surface area (Å²) in [5.41, 5.74) is 2.85. The Kier molecular flexibility index (Phi) is 5.22. The second-order valence-electron chi connectivity index (χ2n) is 7.38. The van der Waals surface area contributed by atoms with Gasteiger partial charge in [0.2, 0.25) is 11.8 Å². The minimum atomic E-state index is -0.361. The first-order valence-electron chi connectivity index (χ1n) is 9.71. The molecule has 0 bridgehead atoms. The summed E-state index contributed by atoms with van der Waals surface area (Å²) in [5.74, 6) is 1.66. The molecule has 1 amide bonds. The molecule has 1 aromatic carbocycles. The van der Waals surface area contributed by atoms with Crippen LogP contribution in [0.3, 0.4) is 0 Å². The summed E-state index contributed by atoms with van der Waals surface area (Å²) >= 11 is 0. The summed E-state index contributed by atoms with van der Waals surface area (Å²) in [6.45, 7) is 2.32. The number of nitrogens with zero attached hydrogens (tertiary/aromatic N) is 2. The second kappa shape index (κ2) is 7.80. The zero-order valence-corrected chi connectivity index (χ0v) is 16.4. The van der Waals surface area contributed by atoms with Gasteiger partial charge in [-0.2, -0.15) is 0 Å². The highest BCUT2D eigenvalue weighted by molar-refractivity contribution is 5.91. The Labute approximate surface area is 165 Å². The first-order valence-corrected chi connectivity index (χ1v) is 9.71. The van der Waals surface area contributed by atoms with Crippen molar-refractivity contribution < 1.29 is 19.0 Å². The van der Waals surface area contributed by atoms with Crippen LogP contribution in [-0.2, 0) is 27.9 Å². The Morgan fingerprint density at radius 1 is 1.11 bits per heavy atom. The lowest BCUT2D eigenvalue weighted by Gasteiger charge is -2.32. The summed E-state index contributed by atoms with van der Waals surface area (Å²) in [7, 11) is 3.30. The van der Waals surface area contributed by atoms with Crippen molar-refractivity contribution in [3.8, 4) is 11.6 Å². The van der Waals surface area contributed by atoms with Gasteiger partial charge >= 0.3 is 0 Å². The number of methoxy groups -OCH3 is 2. The zero-order valence-electron chi connectivity index (χ0n) is 16.4. The Hall–Kier alpha value is -2.60. The molecule has 0 spiro atoms.